The van der Waals surface area contributed by atoms with Crippen LogP contribution in [0.25, 0.3) is 0 Å². The van der Waals surface area contributed by atoms with Gasteiger partial charge in [-0.25, -0.2) is 4.68 Å². The van der Waals surface area contributed by atoms with Gasteiger partial charge in [0, 0.05) is 10.6 Å². The van der Waals surface area contributed by atoms with Crippen molar-refractivity contribution in [3.05, 3.63) is 46.2 Å². The third-order valence-electron chi connectivity index (χ3n) is 2.73. The van der Waals surface area contributed by atoms with Gasteiger partial charge in [-0.2, -0.15) is 0 Å². The number of benzene rings is 1. The van der Waals surface area contributed by atoms with E-state index in [2.05, 4.69) is 15.6 Å². The molecule has 0 aliphatic carbocycles. The number of hydrogen-bond acceptors (Lipinski definition) is 4. The molecule has 0 saturated heterocycles. The van der Waals surface area contributed by atoms with E-state index in [0.29, 0.717) is 16.3 Å². The summed E-state index contributed by atoms with van der Waals surface area (Å²) in [6, 6.07) is 4.99. The molecule has 1 aromatic carbocycles. The first-order valence-electron chi connectivity index (χ1n) is 6.11. The van der Waals surface area contributed by atoms with Crippen LogP contribution in [0.5, 0.6) is 0 Å². The average molecular weight is 309 g/mol. The molecule has 0 spiro atoms. The van der Waals surface area contributed by atoms with Gasteiger partial charge in [-0.05, 0) is 30.7 Å². The average Bonchev–Trinajstić information content (AvgIpc) is 2.86. The lowest BCUT2D eigenvalue weighted by Crippen LogP contribution is -2.23. The van der Waals surface area contributed by atoms with Crippen molar-refractivity contribution < 1.29 is 14.7 Å². The Labute approximate surface area is 125 Å². The van der Waals surface area contributed by atoms with Crippen molar-refractivity contribution in [3.63, 3.8) is 0 Å². The van der Waals surface area contributed by atoms with Gasteiger partial charge in [-0.1, -0.05) is 16.8 Å². The minimum absolute atomic E-state index is 0.167. The van der Waals surface area contributed by atoms with E-state index in [-0.39, 0.29) is 19.0 Å². The zero-order valence-corrected chi connectivity index (χ0v) is 12.0. The van der Waals surface area contributed by atoms with Crippen LogP contribution in [0.3, 0.4) is 0 Å². The Bertz CT molecular complexity index is 684. The Morgan fingerprint density at radius 2 is 2.19 bits per heavy atom. The molecule has 0 bridgehead atoms. The van der Waals surface area contributed by atoms with Gasteiger partial charge < -0.3 is 10.4 Å². The van der Waals surface area contributed by atoms with Gasteiger partial charge in [0.05, 0.1) is 12.7 Å². The standard InChI is InChI=1S/C13H13ClN4O3/c1-8-4-9(2-3-11(8)14)13(21)15-5-10-6-18(17-16-10)7-12(19)20/h2-4,6H,5,7H2,1H3,(H,15,21)(H,19,20). The van der Waals surface area contributed by atoms with Crippen molar-refractivity contribution in [2.75, 3.05) is 0 Å². The molecule has 8 heteroatoms. The summed E-state index contributed by atoms with van der Waals surface area (Å²) in [5, 5.41) is 19.3. The van der Waals surface area contributed by atoms with Crippen LogP contribution >= 0.6 is 11.6 Å². The normalized spacial score (nSPS) is 10.4. The minimum atomic E-state index is -1.01. The molecule has 2 aromatic rings. The number of rotatable bonds is 5. The van der Waals surface area contributed by atoms with Crippen molar-refractivity contribution in [3.8, 4) is 0 Å². The molecule has 21 heavy (non-hydrogen) atoms. The van der Waals surface area contributed by atoms with Gasteiger partial charge in [-0.15, -0.1) is 5.10 Å². The molecule has 7 nitrogen and oxygen atoms in total. The zero-order chi connectivity index (χ0) is 15.4. The lowest BCUT2D eigenvalue weighted by molar-refractivity contribution is -0.137. The molecule has 0 saturated carbocycles. The number of nitrogens with one attached hydrogen (secondary N) is 1. The van der Waals surface area contributed by atoms with Crippen LogP contribution in [0, 0.1) is 6.92 Å². The van der Waals surface area contributed by atoms with Crippen molar-refractivity contribution in [1.29, 1.82) is 0 Å². The summed E-state index contributed by atoms with van der Waals surface area (Å²) in [7, 11) is 0. The second kappa shape index (κ2) is 6.36. The topological polar surface area (TPSA) is 97.1 Å². The quantitative estimate of drug-likeness (QED) is 0.866. The van der Waals surface area contributed by atoms with Crippen molar-refractivity contribution in [2.45, 2.75) is 20.0 Å². The number of carbonyl (C=O) groups is 2. The first-order valence-corrected chi connectivity index (χ1v) is 6.48. The predicted octanol–water partition coefficient (Wildman–Crippen LogP) is 1.25. The molecule has 1 aromatic heterocycles. The highest BCUT2D eigenvalue weighted by Crippen LogP contribution is 2.16. The molecular weight excluding hydrogens is 296 g/mol. The van der Waals surface area contributed by atoms with Crippen LogP contribution in [-0.2, 0) is 17.9 Å². The number of carboxylic acids is 1. The van der Waals surface area contributed by atoms with E-state index < -0.39 is 5.97 Å². The second-order valence-corrected chi connectivity index (χ2v) is 4.86. The second-order valence-electron chi connectivity index (χ2n) is 4.45. The van der Waals surface area contributed by atoms with E-state index in [0.717, 1.165) is 5.56 Å². The van der Waals surface area contributed by atoms with Crippen LogP contribution in [0.4, 0.5) is 0 Å². The highest BCUT2D eigenvalue weighted by atomic mass is 35.5. The summed E-state index contributed by atoms with van der Waals surface area (Å²) in [5.74, 6) is -1.27. The molecule has 0 radical (unpaired) electrons. The highest BCUT2D eigenvalue weighted by molar-refractivity contribution is 6.31. The largest absolute Gasteiger partial charge is 0.480 e. The summed E-state index contributed by atoms with van der Waals surface area (Å²) in [6.07, 6.45) is 1.47. The van der Waals surface area contributed by atoms with Gasteiger partial charge >= 0.3 is 5.97 Å². The first-order chi connectivity index (χ1) is 9.95. The Morgan fingerprint density at radius 3 is 2.86 bits per heavy atom. The maximum absolute atomic E-state index is 12.0. The molecule has 0 fully saturated rings. The fourth-order valence-corrected chi connectivity index (χ4v) is 1.81. The highest BCUT2D eigenvalue weighted by Gasteiger charge is 2.09. The fourth-order valence-electron chi connectivity index (χ4n) is 1.69. The lowest BCUT2D eigenvalue weighted by Gasteiger charge is -2.05. The molecule has 0 aliphatic rings. The number of halogens is 1. The Balaban J connectivity index is 1.95. The number of amides is 1. The summed E-state index contributed by atoms with van der Waals surface area (Å²) >= 11 is 5.90. The minimum Gasteiger partial charge on any atom is -0.480 e. The number of hydrogen-bond donors (Lipinski definition) is 2. The van der Waals surface area contributed by atoms with Crippen LogP contribution < -0.4 is 5.32 Å². The van der Waals surface area contributed by atoms with E-state index in [1.807, 2.05) is 6.92 Å². The van der Waals surface area contributed by atoms with E-state index in [4.69, 9.17) is 16.7 Å². The van der Waals surface area contributed by atoms with Crippen LogP contribution in [0.2, 0.25) is 5.02 Å². The number of carbonyl (C=O) groups excluding carboxylic acids is 1. The first kappa shape index (κ1) is 15.0. The maximum Gasteiger partial charge on any atom is 0.325 e. The third kappa shape index (κ3) is 4.03. The van der Waals surface area contributed by atoms with Gasteiger partial charge in [0.1, 0.15) is 12.2 Å². The lowest BCUT2D eigenvalue weighted by atomic mass is 10.1. The number of aryl methyl sites for hydroxylation is 1. The number of aliphatic carboxylic acids is 1. The summed E-state index contributed by atoms with van der Waals surface area (Å²) in [5.41, 5.74) is 1.79. The van der Waals surface area contributed by atoms with Crippen LogP contribution in [-0.4, -0.2) is 32.0 Å². The summed E-state index contributed by atoms with van der Waals surface area (Å²) < 4.78 is 1.19. The van der Waals surface area contributed by atoms with E-state index >= 15 is 0 Å². The van der Waals surface area contributed by atoms with Crippen molar-refractivity contribution in [1.82, 2.24) is 20.3 Å². The zero-order valence-electron chi connectivity index (χ0n) is 11.2. The van der Waals surface area contributed by atoms with Crippen molar-refractivity contribution >= 4 is 23.5 Å². The molecule has 1 heterocycles. The fraction of sp³-hybridized carbons (Fsp3) is 0.231. The molecule has 0 atom stereocenters. The molecular formula is C13H13ClN4O3. The third-order valence-corrected chi connectivity index (χ3v) is 3.16. The van der Waals surface area contributed by atoms with Gasteiger partial charge in [0.15, 0.2) is 0 Å². The van der Waals surface area contributed by atoms with E-state index in [1.165, 1.54) is 10.9 Å². The number of aromatic nitrogens is 3. The smallest absolute Gasteiger partial charge is 0.325 e. The Hall–Kier alpha value is -2.41. The summed E-state index contributed by atoms with van der Waals surface area (Å²) in [4.78, 5) is 22.5. The van der Waals surface area contributed by atoms with Crippen LogP contribution in [0.15, 0.2) is 24.4 Å². The Kier molecular flexibility index (Phi) is 4.54. The monoisotopic (exact) mass is 308 g/mol. The molecule has 1 amide bonds. The van der Waals surface area contributed by atoms with Crippen molar-refractivity contribution in [2.24, 2.45) is 0 Å². The van der Waals surface area contributed by atoms with E-state index in [1.54, 1.807) is 18.2 Å². The van der Waals surface area contributed by atoms with Gasteiger partial charge in [-0.3, -0.25) is 9.59 Å². The Morgan fingerprint density at radius 1 is 1.43 bits per heavy atom. The summed E-state index contributed by atoms with van der Waals surface area (Å²) in [6.45, 7) is 1.72. The predicted molar refractivity (Wildman–Crippen MR) is 75.0 cm³/mol. The molecule has 0 unspecified atom stereocenters. The number of nitrogens with zero attached hydrogens (tertiary/aromatic N) is 3. The molecule has 2 rings (SSSR count). The molecule has 0 aliphatic heterocycles. The molecule has 2 N–H and O–H groups in total. The number of carboxylic acid groups (broad SMARTS) is 1. The van der Waals surface area contributed by atoms with Gasteiger partial charge in [0.25, 0.3) is 5.91 Å². The van der Waals surface area contributed by atoms with Crippen LogP contribution in [0.1, 0.15) is 21.6 Å². The SMILES string of the molecule is Cc1cc(C(=O)NCc2cn(CC(=O)O)nn2)ccc1Cl. The molecule has 110 valence electrons. The maximum atomic E-state index is 12.0. The van der Waals surface area contributed by atoms with E-state index in [9.17, 15) is 9.59 Å². The van der Waals surface area contributed by atoms with Gasteiger partial charge in [0.2, 0.25) is 0 Å².